The van der Waals surface area contributed by atoms with Crippen molar-refractivity contribution in [3.8, 4) is 23.0 Å². The average Bonchev–Trinajstić information content (AvgIpc) is 3.54. The van der Waals surface area contributed by atoms with Gasteiger partial charge < -0.3 is 0 Å². The molecule has 1 aliphatic carbocycles. The van der Waals surface area contributed by atoms with Gasteiger partial charge in [-0.1, -0.05) is 61.4 Å². The Kier molecular flexibility index (Phi) is 5.69. The SMILES string of the molecule is CC1=C(C#N)C(=O)N(C2CCCC2)C(=O)/C1=C/c1cn(-c2ccccc2)nc1-c1ccccc1. The smallest absolute Gasteiger partial charge is 0.271 e. The van der Waals surface area contributed by atoms with E-state index in [1.807, 2.05) is 72.9 Å². The Bertz CT molecular complexity index is 1350. The third-order valence-electron chi connectivity index (χ3n) is 6.57. The fraction of sp³-hybridized carbons (Fsp3) is 0.214. The summed E-state index contributed by atoms with van der Waals surface area (Å²) in [5.41, 5.74) is 4.10. The lowest BCUT2D eigenvalue weighted by Crippen LogP contribution is -2.47. The molecule has 0 N–H and O–H groups in total. The summed E-state index contributed by atoms with van der Waals surface area (Å²) in [6.07, 6.45) is 7.18. The Morgan fingerprint density at radius 1 is 0.971 bits per heavy atom. The van der Waals surface area contributed by atoms with Crippen molar-refractivity contribution in [1.82, 2.24) is 14.7 Å². The third kappa shape index (κ3) is 3.75. The van der Waals surface area contributed by atoms with Gasteiger partial charge in [0.2, 0.25) is 0 Å². The molecule has 3 aromatic rings. The van der Waals surface area contributed by atoms with Gasteiger partial charge in [0.15, 0.2) is 0 Å². The van der Waals surface area contributed by atoms with Gasteiger partial charge in [-0.3, -0.25) is 14.5 Å². The van der Waals surface area contributed by atoms with Crippen LogP contribution in [0.2, 0.25) is 0 Å². The van der Waals surface area contributed by atoms with Gasteiger partial charge in [-0.05, 0) is 43.5 Å². The maximum Gasteiger partial charge on any atom is 0.271 e. The second-order valence-electron chi connectivity index (χ2n) is 8.67. The number of nitrogens with zero attached hydrogens (tertiary/aromatic N) is 4. The molecule has 5 rings (SSSR count). The van der Waals surface area contributed by atoms with E-state index in [1.165, 1.54) is 4.90 Å². The lowest BCUT2D eigenvalue weighted by molar-refractivity contribution is -0.143. The minimum Gasteiger partial charge on any atom is -0.271 e. The summed E-state index contributed by atoms with van der Waals surface area (Å²) in [6.45, 7) is 1.68. The largest absolute Gasteiger partial charge is 0.271 e. The lowest BCUT2D eigenvalue weighted by Gasteiger charge is -2.32. The fourth-order valence-electron chi connectivity index (χ4n) is 4.78. The summed E-state index contributed by atoms with van der Waals surface area (Å²) in [7, 11) is 0. The summed E-state index contributed by atoms with van der Waals surface area (Å²) in [5.74, 6) is -0.808. The molecule has 0 spiro atoms. The molecule has 1 saturated carbocycles. The number of carbonyl (C=O) groups excluding carboxylic acids is 2. The van der Waals surface area contributed by atoms with Crippen molar-refractivity contribution >= 4 is 17.9 Å². The minimum atomic E-state index is -0.475. The Labute approximate surface area is 198 Å². The second-order valence-corrected chi connectivity index (χ2v) is 8.67. The van der Waals surface area contributed by atoms with Gasteiger partial charge in [-0.15, -0.1) is 0 Å². The first-order valence-electron chi connectivity index (χ1n) is 11.5. The Balaban J connectivity index is 1.67. The highest BCUT2D eigenvalue weighted by atomic mass is 16.2. The van der Waals surface area contributed by atoms with E-state index >= 15 is 0 Å². The van der Waals surface area contributed by atoms with E-state index < -0.39 is 5.91 Å². The van der Waals surface area contributed by atoms with E-state index in [1.54, 1.807) is 17.7 Å². The van der Waals surface area contributed by atoms with Crippen LogP contribution in [0.3, 0.4) is 0 Å². The molecular weight excluding hydrogens is 424 g/mol. The lowest BCUT2D eigenvalue weighted by atomic mass is 9.92. The number of rotatable bonds is 4. The molecule has 6 heteroatoms. The molecule has 168 valence electrons. The monoisotopic (exact) mass is 448 g/mol. The molecule has 0 radical (unpaired) electrons. The maximum absolute atomic E-state index is 13.6. The zero-order valence-electron chi connectivity index (χ0n) is 18.9. The van der Waals surface area contributed by atoms with Gasteiger partial charge in [0, 0.05) is 28.9 Å². The minimum absolute atomic E-state index is 0.0365. The highest BCUT2D eigenvalue weighted by Crippen LogP contribution is 2.34. The second kappa shape index (κ2) is 8.95. The number of hydrogen-bond donors (Lipinski definition) is 0. The van der Waals surface area contributed by atoms with Crippen LogP contribution in [-0.4, -0.2) is 32.5 Å². The molecule has 0 saturated heterocycles. The Morgan fingerprint density at radius 3 is 2.26 bits per heavy atom. The summed E-state index contributed by atoms with van der Waals surface area (Å²) in [6, 6.07) is 21.4. The van der Waals surface area contributed by atoms with Crippen molar-refractivity contribution in [1.29, 1.82) is 5.26 Å². The van der Waals surface area contributed by atoms with Crippen molar-refractivity contribution in [2.75, 3.05) is 0 Å². The predicted molar refractivity (Wildman–Crippen MR) is 129 cm³/mol. The van der Waals surface area contributed by atoms with Crippen LogP contribution in [0.4, 0.5) is 0 Å². The normalized spacial score (nSPS) is 18.1. The van der Waals surface area contributed by atoms with Crippen molar-refractivity contribution in [2.24, 2.45) is 0 Å². The highest BCUT2D eigenvalue weighted by molar-refractivity contribution is 6.20. The van der Waals surface area contributed by atoms with Crippen molar-refractivity contribution in [2.45, 2.75) is 38.6 Å². The van der Waals surface area contributed by atoms with E-state index in [4.69, 9.17) is 5.10 Å². The van der Waals surface area contributed by atoms with E-state index in [2.05, 4.69) is 0 Å². The number of nitriles is 1. The molecule has 0 bridgehead atoms. The van der Waals surface area contributed by atoms with Crippen LogP contribution in [-0.2, 0) is 9.59 Å². The van der Waals surface area contributed by atoms with Crippen LogP contribution in [0.1, 0.15) is 38.2 Å². The van der Waals surface area contributed by atoms with Crippen molar-refractivity contribution in [3.63, 3.8) is 0 Å². The Hall–Kier alpha value is -4.24. The van der Waals surface area contributed by atoms with Gasteiger partial charge in [0.25, 0.3) is 11.8 Å². The summed E-state index contributed by atoms with van der Waals surface area (Å²) in [5, 5.41) is 14.6. The van der Waals surface area contributed by atoms with Gasteiger partial charge in [-0.2, -0.15) is 10.4 Å². The van der Waals surface area contributed by atoms with Crippen LogP contribution < -0.4 is 0 Å². The van der Waals surface area contributed by atoms with E-state index in [9.17, 15) is 14.9 Å². The number of carbonyl (C=O) groups is 2. The van der Waals surface area contributed by atoms with Gasteiger partial charge in [0.1, 0.15) is 11.6 Å². The third-order valence-corrected chi connectivity index (χ3v) is 6.57. The average molecular weight is 449 g/mol. The molecular formula is C28H24N4O2. The zero-order chi connectivity index (χ0) is 23.7. The van der Waals surface area contributed by atoms with E-state index in [0.29, 0.717) is 11.1 Å². The molecule has 2 amide bonds. The van der Waals surface area contributed by atoms with Crippen molar-refractivity contribution < 1.29 is 9.59 Å². The standard InChI is InChI=1S/C28H24N4O2/c1-19-24(27(33)32(23-14-8-9-15-23)28(34)25(19)17-29)16-21-18-31(22-12-6-3-7-13-22)30-26(21)20-10-4-2-5-11-20/h2-7,10-13,16,18,23H,8-9,14-15H2,1H3/b24-16+. The number of para-hydroxylation sites is 1. The number of aromatic nitrogens is 2. The molecule has 1 aliphatic heterocycles. The van der Waals surface area contributed by atoms with Crippen LogP contribution >= 0.6 is 0 Å². The van der Waals surface area contributed by atoms with Crippen LogP contribution in [0.15, 0.2) is 83.6 Å². The number of imide groups is 1. The fourth-order valence-corrected chi connectivity index (χ4v) is 4.78. The van der Waals surface area contributed by atoms with Crippen LogP contribution in [0.25, 0.3) is 23.0 Å². The number of amides is 2. The van der Waals surface area contributed by atoms with Crippen LogP contribution in [0.5, 0.6) is 0 Å². The zero-order valence-corrected chi connectivity index (χ0v) is 18.9. The number of benzene rings is 2. The first-order chi connectivity index (χ1) is 16.6. The summed E-state index contributed by atoms with van der Waals surface area (Å²) >= 11 is 0. The van der Waals surface area contributed by atoms with Gasteiger partial charge in [0.05, 0.1) is 11.4 Å². The van der Waals surface area contributed by atoms with Crippen molar-refractivity contribution in [3.05, 3.63) is 89.1 Å². The molecule has 0 unspecified atom stereocenters. The predicted octanol–water partition coefficient (Wildman–Crippen LogP) is 5.07. The van der Waals surface area contributed by atoms with Gasteiger partial charge >= 0.3 is 0 Å². The maximum atomic E-state index is 13.6. The first-order valence-corrected chi connectivity index (χ1v) is 11.5. The molecule has 0 atom stereocenters. The quantitative estimate of drug-likeness (QED) is 0.412. The molecule has 2 aromatic carbocycles. The highest BCUT2D eigenvalue weighted by Gasteiger charge is 2.40. The summed E-state index contributed by atoms with van der Waals surface area (Å²) < 4.78 is 1.78. The van der Waals surface area contributed by atoms with Gasteiger partial charge in [-0.25, -0.2) is 4.68 Å². The topological polar surface area (TPSA) is 79.0 Å². The Morgan fingerprint density at radius 2 is 1.62 bits per heavy atom. The number of hydrogen-bond acceptors (Lipinski definition) is 4. The molecule has 1 aromatic heterocycles. The molecule has 6 nitrogen and oxygen atoms in total. The molecule has 1 fully saturated rings. The molecule has 34 heavy (non-hydrogen) atoms. The van der Waals surface area contributed by atoms with E-state index in [-0.39, 0.29) is 17.5 Å². The molecule has 2 aliphatic rings. The molecule has 2 heterocycles. The first kappa shape index (κ1) is 21.6. The summed E-state index contributed by atoms with van der Waals surface area (Å²) in [4.78, 5) is 27.9. The van der Waals surface area contributed by atoms with Crippen LogP contribution in [0, 0.1) is 11.3 Å². The van der Waals surface area contributed by atoms with E-state index in [0.717, 1.165) is 48.2 Å².